The summed E-state index contributed by atoms with van der Waals surface area (Å²) in [6.45, 7) is 3.48. The van der Waals surface area contributed by atoms with Crippen LogP contribution in [0.25, 0.3) is 0 Å². The molecular formula is C6H12O4S2. The highest BCUT2D eigenvalue weighted by molar-refractivity contribution is 7.99. The van der Waals surface area contributed by atoms with Crippen molar-refractivity contribution < 1.29 is 18.1 Å². The van der Waals surface area contributed by atoms with E-state index >= 15 is 0 Å². The third-order valence-electron chi connectivity index (χ3n) is 1.09. The Hall–Kier alpha value is -0.0400. The van der Waals surface area contributed by atoms with Gasteiger partial charge in [-0.1, -0.05) is 6.08 Å². The highest BCUT2D eigenvalue weighted by atomic mass is 32.2. The molecule has 0 saturated heterocycles. The smallest absolute Gasteiger partial charge is 0.292 e. The summed E-state index contributed by atoms with van der Waals surface area (Å²) < 4.78 is 28.9. The molecule has 1 atom stereocenters. The molecule has 4 nitrogen and oxygen atoms in total. The van der Waals surface area contributed by atoms with Crippen LogP contribution < -0.4 is 0 Å². The van der Waals surface area contributed by atoms with Crippen LogP contribution in [0, 0.1) is 0 Å². The van der Waals surface area contributed by atoms with Crippen molar-refractivity contribution in [3.63, 3.8) is 0 Å². The topological polar surface area (TPSA) is 74.6 Å². The van der Waals surface area contributed by atoms with Gasteiger partial charge in [-0.3, -0.25) is 4.55 Å². The molecule has 0 saturated carbocycles. The third kappa shape index (κ3) is 5.59. The van der Waals surface area contributed by atoms with Gasteiger partial charge >= 0.3 is 0 Å². The monoisotopic (exact) mass is 212 g/mol. The SMILES string of the molecule is C=CCSCCC(O)S(=O)(=O)O. The Morgan fingerprint density at radius 1 is 1.58 bits per heavy atom. The van der Waals surface area contributed by atoms with Gasteiger partial charge in [0.15, 0.2) is 5.44 Å². The Kier molecular flexibility index (Phi) is 5.56. The largest absolute Gasteiger partial charge is 0.375 e. The van der Waals surface area contributed by atoms with Crippen LogP contribution in [0.4, 0.5) is 0 Å². The van der Waals surface area contributed by atoms with Crippen molar-refractivity contribution >= 4 is 21.9 Å². The zero-order valence-corrected chi connectivity index (χ0v) is 8.14. The van der Waals surface area contributed by atoms with Crippen molar-refractivity contribution in [1.82, 2.24) is 0 Å². The zero-order chi connectivity index (χ0) is 9.61. The minimum absolute atomic E-state index is 0.0390. The molecule has 0 aliphatic heterocycles. The Labute approximate surface area is 76.4 Å². The summed E-state index contributed by atoms with van der Waals surface area (Å²) in [5, 5.41) is 8.81. The standard InChI is InChI=1S/C6H12O4S2/c1-2-4-11-5-3-6(7)12(8,9)10/h2,6-7H,1,3-5H2,(H,8,9,10). The molecule has 0 radical (unpaired) electrons. The highest BCUT2D eigenvalue weighted by Gasteiger charge is 2.18. The second kappa shape index (κ2) is 5.58. The van der Waals surface area contributed by atoms with Crippen LogP contribution in [0.2, 0.25) is 0 Å². The fraction of sp³-hybridized carbons (Fsp3) is 0.667. The Morgan fingerprint density at radius 3 is 2.58 bits per heavy atom. The summed E-state index contributed by atoms with van der Waals surface area (Å²) in [5.74, 6) is 1.19. The van der Waals surface area contributed by atoms with E-state index in [0.29, 0.717) is 11.5 Å². The van der Waals surface area contributed by atoms with Gasteiger partial charge in [0.2, 0.25) is 0 Å². The first-order valence-electron chi connectivity index (χ1n) is 3.31. The molecule has 72 valence electrons. The second-order valence-corrected chi connectivity index (χ2v) is 4.85. The first-order valence-corrected chi connectivity index (χ1v) is 5.97. The summed E-state index contributed by atoms with van der Waals surface area (Å²) in [6, 6.07) is 0. The van der Waals surface area contributed by atoms with Crippen molar-refractivity contribution in [3.05, 3.63) is 12.7 Å². The second-order valence-electron chi connectivity index (χ2n) is 2.12. The molecule has 0 amide bonds. The molecule has 12 heavy (non-hydrogen) atoms. The Morgan fingerprint density at radius 2 is 2.17 bits per heavy atom. The molecule has 2 N–H and O–H groups in total. The maximum Gasteiger partial charge on any atom is 0.292 e. The van der Waals surface area contributed by atoms with E-state index in [1.165, 1.54) is 11.8 Å². The van der Waals surface area contributed by atoms with Gasteiger partial charge < -0.3 is 5.11 Å². The predicted octanol–water partition coefficient (Wildman–Crippen LogP) is 0.502. The molecule has 0 rings (SSSR count). The highest BCUT2D eigenvalue weighted by Crippen LogP contribution is 2.07. The number of aliphatic hydroxyl groups is 1. The maximum absolute atomic E-state index is 10.3. The van der Waals surface area contributed by atoms with E-state index in [2.05, 4.69) is 6.58 Å². The van der Waals surface area contributed by atoms with Gasteiger partial charge in [0, 0.05) is 5.75 Å². The van der Waals surface area contributed by atoms with Crippen molar-refractivity contribution in [2.24, 2.45) is 0 Å². The Bertz CT molecular complexity index is 222. The number of rotatable bonds is 6. The lowest BCUT2D eigenvalue weighted by atomic mass is 10.5. The first-order chi connectivity index (χ1) is 5.48. The lowest BCUT2D eigenvalue weighted by Gasteiger charge is -2.05. The van der Waals surface area contributed by atoms with E-state index in [4.69, 9.17) is 9.66 Å². The van der Waals surface area contributed by atoms with Crippen molar-refractivity contribution in [1.29, 1.82) is 0 Å². The van der Waals surface area contributed by atoms with E-state index in [1.54, 1.807) is 6.08 Å². The van der Waals surface area contributed by atoms with Crippen molar-refractivity contribution in [3.8, 4) is 0 Å². The first kappa shape index (κ1) is 12.0. The average molecular weight is 212 g/mol. The maximum atomic E-state index is 10.3. The number of hydrogen-bond acceptors (Lipinski definition) is 4. The van der Waals surface area contributed by atoms with Gasteiger partial charge in [-0.2, -0.15) is 20.2 Å². The van der Waals surface area contributed by atoms with Crippen molar-refractivity contribution in [2.45, 2.75) is 11.9 Å². The van der Waals surface area contributed by atoms with Crippen LogP contribution >= 0.6 is 11.8 Å². The molecule has 0 bridgehead atoms. The molecule has 0 aromatic carbocycles. The quantitative estimate of drug-likeness (QED) is 0.381. The molecule has 0 aromatic heterocycles. The molecule has 0 heterocycles. The summed E-state index contributed by atoms with van der Waals surface area (Å²) >= 11 is 1.44. The van der Waals surface area contributed by atoms with E-state index in [9.17, 15) is 8.42 Å². The molecular weight excluding hydrogens is 200 g/mol. The van der Waals surface area contributed by atoms with Crippen molar-refractivity contribution in [2.75, 3.05) is 11.5 Å². The lowest BCUT2D eigenvalue weighted by molar-refractivity contribution is 0.231. The van der Waals surface area contributed by atoms with Crippen LogP contribution in [-0.2, 0) is 10.1 Å². The van der Waals surface area contributed by atoms with Gasteiger partial charge in [-0.05, 0) is 12.2 Å². The zero-order valence-electron chi connectivity index (χ0n) is 6.51. The van der Waals surface area contributed by atoms with Crippen LogP contribution in [0.1, 0.15) is 6.42 Å². The average Bonchev–Trinajstić information content (AvgIpc) is 1.96. The predicted molar refractivity (Wildman–Crippen MR) is 49.7 cm³/mol. The number of hydrogen-bond donors (Lipinski definition) is 2. The summed E-state index contributed by atoms with van der Waals surface area (Å²) in [7, 11) is -4.27. The number of aliphatic hydroxyl groups excluding tert-OH is 1. The fourth-order valence-electron chi connectivity index (χ4n) is 0.500. The Balaban J connectivity index is 3.58. The molecule has 6 heteroatoms. The van der Waals surface area contributed by atoms with Crippen LogP contribution in [-0.4, -0.2) is 35.0 Å². The fourth-order valence-corrected chi connectivity index (χ4v) is 1.79. The summed E-state index contributed by atoms with van der Waals surface area (Å²) in [4.78, 5) is 0. The third-order valence-corrected chi connectivity index (χ3v) is 3.01. The molecule has 1 unspecified atom stereocenters. The molecule has 0 fully saturated rings. The van der Waals surface area contributed by atoms with Crippen LogP contribution in [0.5, 0.6) is 0 Å². The van der Waals surface area contributed by atoms with Gasteiger partial charge in [0.1, 0.15) is 0 Å². The van der Waals surface area contributed by atoms with E-state index in [-0.39, 0.29) is 6.42 Å². The van der Waals surface area contributed by atoms with Gasteiger partial charge in [0.05, 0.1) is 0 Å². The van der Waals surface area contributed by atoms with Gasteiger partial charge in [0.25, 0.3) is 10.1 Å². The van der Waals surface area contributed by atoms with E-state index in [0.717, 1.165) is 0 Å². The van der Waals surface area contributed by atoms with Gasteiger partial charge in [-0.15, -0.1) is 6.58 Å². The van der Waals surface area contributed by atoms with E-state index in [1.807, 2.05) is 0 Å². The van der Waals surface area contributed by atoms with E-state index < -0.39 is 15.6 Å². The summed E-state index contributed by atoms with van der Waals surface area (Å²) in [6.07, 6.45) is 1.72. The van der Waals surface area contributed by atoms with Crippen LogP contribution in [0.3, 0.4) is 0 Å². The normalized spacial score (nSPS) is 14.2. The lowest BCUT2D eigenvalue weighted by Crippen LogP contribution is -2.20. The molecule has 0 spiro atoms. The number of thioether (sulfide) groups is 1. The minimum atomic E-state index is -4.27. The minimum Gasteiger partial charge on any atom is -0.375 e. The summed E-state index contributed by atoms with van der Waals surface area (Å²) in [5.41, 5.74) is -1.66. The molecule has 0 aliphatic carbocycles. The molecule has 0 aromatic rings. The van der Waals surface area contributed by atoms with Crippen LogP contribution in [0.15, 0.2) is 12.7 Å². The van der Waals surface area contributed by atoms with Gasteiger partial charge in [-0.25, -0.2) is 0 Å². The molecule has 0 aliphatic rings.